The van der Waals surface area contributed by atoms with Crippen molar-refractivity contribution in [2.45, 2.75) is 87.0 Å². The molecule has 0 nitrogen and oxygen atoms in total. The van der Waals surface area contributed by atoms with Gasteiger partial charge in [0.25, 0.3) is 0 Å². The molecular formula is C30H46. The molecule has 4 rings (SSSR count). The summed E-state index contributed by atoms with van der Waals surface area (Å²) in [5.41, 5.74) is 6.57. The monoisotopic (exact) mass is 406 g/mol. The van der Waals surface area contributed by atoms with Crippen LogP contribution in [-0.2, 0) is 0 Å². The molecule has 0 N–H and O–H groups in total. The summed E-state index contributed by atoms with van der Waals surface area (Å²) in [6, 6.07) is 0. The van der Waals surface area contributed by atoms with Gasteiger partial charge < -0.3 is 0 Å². The van der Waals surface area contributed by atoms with E-state index in [1.807, 2.05) is 39.8 Å². The maximum atomic E-state index is 4.43. The van der Waals surface area contributed by atoms with Crippen LogP contribution >= 0.6 is 0 Å². The van der Waals surface area contributed by atoms with Gasteiger partial charge in [-0.3, -0.25) is 0 Å². The highest BCUT2D eigenvalue weighted by Gasteiger charge is 2.55. The first kappa shape index (κ1) is 24.7. The van der Waals surface area contributed by atoms with Gasteiger partial charge in [0.1, 0.15) is 0 Å². The smallest absolute Gasteiger partial charge is 0.0281 e. The molecule has 0 spiro atoms. The fourth-order valence-electron chi connectivity index (χ4n) is 6.51. The minimum absolute atomic E-state index is 0.158. The second-order valence-electron chi connectivity index (χ2n) is 9.71. The molecule has 2 saturated carbocycles. The molecule has 0 amide bonds. The summed E-state index contributed by atoms with van der Waals surface area (Å²) in [6.07, 6.45) is 21.4. The molecule has 4 aliphatic rings. The lowest BCUT2D eigenvalue weighted by atomic mass is 9.52. The van der Waals surface area contributed by atoms with Gasteiger partial charge in [-0.05, 0) is 88.0 Å². The van der Waals surface area contributed by atoms with Crippen LogP contribution in [0, 0.1) is 28.6 Å². The van der Waals surface area contributed by atoms with E-state index >= 15 is 0 Å². The molecule has 4 aliphatic carbocycles. The van der Waals surface area contributed by atoms with Gasteiger partial charge in [-0.15, -0.1) is 0 Å². The van der Waals surface area contributed by atoms with Gasteiger partial charge in [-0.1, -0.05) is 94.0 Å². The Balaban J connectivity index is 0.000000481. The topological polar surface area (TPSA) is 0 Å². The van der Waals surface area contributed by atoms with Crippen molar-refractivity contribution in [1.29, 1.82) is 0 Å². The van der Waals surface area contributed by atoms with Gasteiger partial charge in [0.15, 0.2) is 0 Å². The Bertz CT molecular complexity index is 751. The maximum Gasteiger partial charge on any atom is 0.0281 e. The zero-order valence-corrected chi connectivity index (χ0v) is 20.9. The van der Waals surface area contributed by atoms with Crippen molar-refractivity contribution in [3.8, 4) is 0 Å². The molecule has 166 valence electrons. The van der Waals surface area contributed by atoms with Crippen LogP contribution < -0.4 is 0 Å². The van der Waals surface area contributed by atoms with Crippen LogP contribution in [0.4, 0.5) is 0 Å². The highest BCUT2D eigenvalue weighted by Crippen LogP contribution is 2.65. The fourth-order valence-corrected chi connectivity index (χ4v) is 6.51. The van der Waals surface area contributed by atoms with Gasteiger partial charge in [-0.2, -0.15) is 0 Å². The van der Waals surface area contributed by atoms with Crippen molar-refractivity contribution in [2.75, 3.05) is 0 Å². The van der Waals surface area contributed by atoms with E-state index < -0.39 is 0 Å². The van der Waals surface area contributed by atoms with Crippen LogP contribution in [0.15, 0.2) is 71.9 Å². The van der Waals surface area contributed by atoms with E-state index in [1.165, 1.54) is 43.3 Å². The van der Waals surface area contributed by atoms with Gasteiger partial charge in [0.2, 0.25) is 0 Å². The van der Waals surface area contributed by atoms with Crippen LogP contribution in [0.1, 0.15) is 87.0 Å². The predicted octanol–water partition coefficient (Wildman–Crippen LogP) is 9.39. The standard InChI is InChI=1S/C24H32.C4H8.C2H6/c1-6-17(3)20-9-10-21-19-8-7-18-15-16(2)11-13-23(18,4)22(19)12-14-24(20,21)5;1-3-4-2;1-2/h11-13,15,19-21H,2-3,6-10,14H2,1,4-5H3;3-4H,1-2H3;1-2H3/b;4-3-;/t19?,20-,21?,23+,24-;;/m1../s1. The Kier molecular flexibility index (Phi) is 8.37. The lowest BCUT2D eigenvalue weighted by molar-refractivity contribution is 0.104. The number of rotatable bonds is 2. The molecule has 0 aromatic heterocycles. The minimum Gasteiger partial charge on any atom is -0.0996 e. The number of hydrogen-bond donors (Lipinski definition) is 0. The summed E-state index contributed by atoms with van der Waals surface area (Å²) in [5.74, 6) is 2.36. The van der Waals surface area contributed by atoms with Crippen LogP contribution in [0.2, 0.25) is 0 Å². The lowest BCUT2D eigenvalue weighted by Crippen LogP contribution is -2.43. The highest BCUT2D eigenvalue weighted by molar-refractivity contribution is 5.50. The normalized spacial score (nSPS) is 36.2. The number of hydrogen-bond acceptors (Lipinski definition) is 0. The molecular weight excluding hydrogens is 360 g/mol. The quantitative estimate of drug-likeness (QED) is 0.401. The Morgan fingerprint density at radius 1 is 1.13 bits per heavy atom. The average Bonchev–Trinajstić information content (AvgIpc) is 3.12. The molecule has 30 heavy (non-hydrogen) atoms. The molecule has 0 heteroatoms. The first-order chi connectivity index (χ1) is 14.3. The predicted molar refractivity (Wildman–Crippen MR) is 135 cm³/mol. The van der Waals surface area contributed by atoms with Crippen LogP contribution in [0.25, 0.3) is 0 Å². The second kappa shape index (κ2) is 10.2. The van der Waals surface area contributed by atoms with Gasteiger partial charge >= 0.3 is 0 Å². The van der Waals surface area contributed by atoms with Crippen molar-refractivity contribution in [2.24, 2.45) is 28.6 Å². The van der Waals surface area contributed by atoms with Crippen LogP contribution in [0.5, 0.6) is 0 Å². The van der Waals surface area contributed by atoms with Crippen molar-refractivity contribution in [3.63, 3.8) is 0 Å². The summed E-state index contributed by atoms with van der Waals surface area (Å²) in [6.45, 7) is 23.9. The largest absolute Gasteiger partial charge is 0.0996 e. The summed E-state index contributed by atoms with van der Waals surface area (Å²) >= 11 is 0. The zero-order chi connectivity index (χ0) is 22.5. The molecule has 0 heterocycles. The van der Waals surface area contributed by atoms with Gasteiger partial charge in [0, 0.05) is 5.41 Å². The third kappa shape index (κ3) is 4.25. The van der Waals surface area contributed by atoms with E-state index in [0.717, 1.165) is 24.2 Å². The first-order valence-corrected chi connectivity index (χ1v) is 12.4. The Labute approximate surface area is 187 Å². The molecule has 0 saturated heterocycles. The Hall–Kier alpha value is -1.56. The van der Waals surface area contributed by atoms with E-state index in [-0.39, 0.29) is 5.41 Å². The Morgan fingerprint density at radius 2 is 1.80 bits per heavy atom. The number of fused-ring (bicyclic) bond motifs is 5. The average molecular weight is 407 g/mol. The van der Waals surface area contributed by atoms with E-state index in [9.17, 15) is 0 Å². The van der Waals surface area contributed by atoms with Crippen LogP contribution in [-0.4, -0.2) is 0 Å². The SMILES string of the molecule is C/C=C\C.C=C1C=C[C@@]2(C)C(=C1)CCC1C2=CC[C@@]2(C)C1CC[C@@H]2C(=C)CC.CC. The summed E-state index contributed by atoms with van der Waals surface area (Å²) in [5, 5.41) is 0. The molecule has 0 aliphatic heterocycles. The van der Waals surface area contributed by atoms with Gasteiger partial charge in [-0.25, -0.2) is 0 Å². The maximum absolute atomic E-state index is 4.43. The third-order valence-electron chi connectivity index (χ3n) is 8.32. The summed E-state index contributed by atoms with van der Waals surface area (Å²) in [4.78, 5) is 0. The van der Waals surface area contributed by atoms with Crippen molar-refractivity contribution < 1.29 is 0 Å². The lowest BCUT2D eigenvalue weighted by Gasteiger charge is -2.52. The first-order valence-electron chi connectivity index (χ1n) is 12.4. The third-order valence-corrected chi connectivity index (χ3v) is 8.32. The van der Waals surface area contributed by atoms with E-state index in [2.05, 4.69) is 58.2 Å². The molecule has 2 unspecified atom stereocenters. The van der Waals surface area contributed by atoms with Gasteiger partial charge in [0.05, 0.1) is 0 Å². The molecule has 0 aromatic rings. The van der Waals surface area contributed by atoms with E-state index in [0.29, 0.717) is 5.41 Å². The Morgan fingerprint density at radius 3 is 2.40 bits per heavy atom. The van der Waals surface area contributed by atoms with E-state index in [4.69, 9.17) is 0 Å². The minimum atomic E-state index is 0.158. The molecule has 5 atom stereocenters. The van der Waals surface area contributed by atoms with E-state index in [1.54, 1.807) is 11.1 Å². The fraction of sp³-hybridized carbons (Fsp3) is 0.600. The second-order valence-corrected chi connectivity index (χ2v) is 9.71. The van der Waals surface area contributed by atoms with Crippen LogP contribution in [0.3, 0.4) is 0 Å². The summed E-state index contributed by atoms with van der Waals surface area (Å²) < 4.78 is 0. The molecule has 2 fully saturated rings. The molecule has 0 radical (unpaired) electrons. The van der Waals surface area contributed by atoms with Crippen molar-refractivity contribution in [1.82, 2.24) is 0 Å². The highest BCUT2D eigenvalue weighted by atomic mass is 14.6. The molecule has 0 bridgehead atoms. The zero-order valence-electron chi connectivity index (χ0n) is 20.9. The number of allylic oxidation sites excluding steroid dienone is 10. The summed E-state index contributed by atoms with van der Waals surface area (Å²) in [7, 11) is 0. The van der Waals surface area contributed by atoms with Crippen molar-refractivity contribution in [3.05, 3.63) is 71.9 Å². The molecule has 0 aromatic carbocycles. The van der Waals surface area contributed by atoms with Crippen molar-refractivity contribution >= 4 is 0 Å².